The fraction of sp³-hybridized carbons (Fsp3) is 0.750. The van der Waals surface area contributed by atoms with Crippen LogP contribution in [0.25, 0.3) is 0 Å². The van der Waals surface area contributed by atoms with Gasteiger partial charge in [0.1, 0.15) is 6.04 Å². The smallest absolute Gasteiger partial charge is 0.322 e. The lowest BCUT2D eigenvalue weighted by atomic mass is 10.1. The number of carbonyl (C=O) groups is 1. The lowest BCUT2D eigenvalue weighted by Gasteiger charge is -2.17. The van der Waals surface area contributed by atoms with Gasteiger partial charge in [0.05, 0.1) is 24.0 Å². The van der Waals surface area contributed by atoms with Gasteiger partial charge in [0, 0.05) is 6.54 Å². The van der Waals surface area contributed by atoms with Gasteiger partial charge in [-0.25, -0.2) is 4.68 Å². The predicted octanol–water partition coefficient (Wildman–Crippen LogP) is 1.07. The minimum absolute atomic E-state index is 0.0853. The average Bonchev–Trinajstić information content (AvgIpc) is 2.74. The summed E-state index contributed by atoms with van der Waals surface area (Å²) in [5.74, 6) is -0.249. The summed E-state index contributed by atoms with van der Waals surface area (Å²) in [7, 11) is 0. The standard InChI is InChI=1S/C12H22N4O2/c1-6-18-11(17)9(2)13-7-10-8-16(15-14-10)12(3,4)5/h8-9,13H,6-7H2,1-5H3. The van der Waals surface area contributed by atoms with Gasteiger partial charge < -0.3 is 4.74 Å². The van der Waals surface area contributed by atoms with Crippen molar-refractivity contribution in [1.82, 2.24) is 20.3 Å². The minimum atomic E-state index is -0.343. The molecule has 1 unspecified atom stereocenters. The van der Waals surface area contributed by atoms with E-state index in [-0.39, 0.29) is 17.6 Å². The van der Waals surface area contributed by atoms with Crippen molar-refractivity contribution >= 4 is 5.97 Å². The Morgan fingerprint density at radius 1 is 1.56 bits per heavy atom. The predicted molar refractivity (Wildman–Crippen MR) is 68.0 cm³/mol. The molecule has 0 aliphatic rings. The Morgan fingerprint density at radius 2 is 2.22 bits per heavy atom. The molecule has 0 bridgehead atoms. The van der Waals surface area contributed by atoms with Crippen LogP contribution >= 0.6 is 0 Å². The van der Waals surface area contributed by atoms with Crippen LogP contribution in [-0.2, 0) is 21.6 Å². The van der Waals surface area contributed by atoms with Crippen molar-refractivity contribution in [2.24, 2.45) is 0 Å². The van der Waals surface area contributed by atoms with E-state index in [4.69, 9.17) is 4.74 Å². The molecular weight excluding hydrogens is 232 g/mol. The third-order valence-corrected chi connectivity index (χ3v) is 2.46. The lowest BCUT2D eigenvalue weighted by Crippen LogP contribution is -2.35. The van der Waals surface area contributed by atoms with Crippen LogP contribution in [0.2, 0.25) is 0 Å². The first-order valence-electron chi connectivity index (χ1n) is 6.16. The van der Waals surface area contributed by atoms with E-state index in [2.05, 4.69) is 36.4 Å². The molecule has 1 rings (SSSR count). The molecule has 0 aromatic carbocycles. The molecule has 0 spiro atoms. The van der Waals surface area contributed by atoms with Gasteiger partial charge in [0.2, 0.25) is 0 Å². The van der Waals surface area contributed by atoms with Crippen molar-refractivity contribution in [3.05, 3.63) is 11.9 Å². The molecule has 6 heteroatoms. The Labute approximate surface area is 108 Å². The zero-order valence-corrected chi connectivity index (χ0v) is 11.7. The fourth-order valence-electron chi connectivity index (χ4n) is 1.32. The van der Waals surface area contributed by atoms with Crippen LogP contribution in [0, 0.1) is 0 Å². The van der Waals surface area contributed by atoms with Crippen LogP contribution < -0.4 is 5.32 Å². The van der Waals surface area contributed by atoms with Crippen LogP contribution in [-0.4, -0.2) is 33.6 Å². The number of aromatic nitrogens is 3. The number of nitrogens with zero attached hydrogens (tertiary/aromatic N) is 3. The molecule has 18 heavy (non-hydrogen) atoms. The first-order valence-corrected chi connectivity index (χ1v) is 6.16. The van der Waals surface area contributed by atoms with Crippen LogP contribution in [0.15, 0.2) is 6.20 Å². The molecule has 0 radical (unpaired) electrons. The molecule has 1 aromatic heterocycles. The molecule has 0 saturated carbocycles. The van der Waals surface area contributed by atoms with Gasteiger partial charge in [-0.05, 0) is 34.6 Å². The molecule has 1 atom stereocenters. The van der Waals surface area contributed by atoms with Crippen LogP contribution in [0.1, 0.15) is 40.3 Å². The third-order valence-electron chi connectivity index (χ3n) is 2.46. The van der Waals surface area contributed by atoms with Crippen LogP contribution in [0.5, 0.6) is 0 Å². The Kier molecular flexibility index (Phi) is 4.84. The van der Waals surface area contributed by atoms with Crippen molar-refractivity contribution < 1.29 is 9.53 Å². The second-order valence-corrected chi connectivity index (χ2v) is 5.18. The molecule has 102 valence electrons. The van der Waals surface area contributed by atoms with Gasteiger partial charge in [0.25, 0.3) is 0 Å². The summed E-state index contributed by atoms with van der Waals surface area (Å²) >= 11 is 0. The monoisotopic (exact) mass is 254 g/mol. The lowest BCUT2D eigenvalue weighted by molar-refractivity contribution is -0.145. The molecule has 1 heterocycles. The van der Waals surface area contributed by atoms with Gasteiger partial charge >= 0.3 is 5.97 Å². The quantitative estimate of drug-likeness (QED) is 0.796. The topological polar surface area (TPSA) is 69.0 Å². The zero-order chi connectivity index (χ0) is 13.8. The van der Waals surface area contributed by atoms with Crippen LogP contribution in [0.4, 0.5) is 0 Å². The molecule has 0 aliphatic heterocycles. The second kappa shape index (κ2) is 5.95. The first-order chi connectivity index (χ1) is 8.34. The van der Waals surface area contributed by atoms with E-state index in [0.717, 1.165) is 5.69 Å². The summed E-state index contributed by atoms with van der Waals surface area (Å²) in [5.41, 5.74) is 0.721. The van der Waals surface area contributed by atoms with E-state index >= 15 is 0 Å². The summed E-state index contributed by atoms with van der Waals surface area (Å²) in [5, 5.41) is 11.2. The summed E-state index contributed by atoms with van der Waals surface area (Å²) in [6, 6.07) is -0.343. The van der Waals surface area contributed by atoms with E-state index in [1.165, 1.54) is 0 Å². The number of nitrogens with one attached hydrogen (secondary N) is 1. The maximum Gasteiger partial charge on any atom is 0.322 e. The molecule has 1 N–H and O–H groups in total. The highest BCUT2D eigenvalue weighted by Crippen LogP contribution is 2.11. The molecule has 0 saturated heterocycles. The Hall–Kier alpha value is -1.43. The second-order valence-electron chi connectivity index (χ2n) is 5.18. The van der Waals surface area contributed by atoms with E-state index in [1.54, 1.807) is 18.5 Å². The molecule has 0 aliphatic carbocycles. The molecule has 1 aromatic rings. The third kappa shape index (κ3) is 4.10. The fourth-order valence-corrected chi connectivity index (χ4v) is 1.32. The Bertz CT molecular complexity index is 395. The van der Waals surface area contributed by atoms with E-state index < -0.39 is 0 Å². The van der Waals surface area contributed by atoms with Crippen LogP contribution in [0.3, 0.4) is 0 Å². The van der Waals surface area contributed by atoms with Gasteiger partial charge in [-0.1, -0.05) is 5.21 Å². The van der Waals surface area contributed by atoms with Crippen molar-refractivity contribution in [2.45, 2.75) is 52.7 Å². The highest BCUT2D eigenvalue weighted by molar-refractivity contribution is 5.75. The highest BCUT2D eigenvalue weighted by Gasteiger charge is 2.17. The molecule has 0 amide bonds. The minimum Gasteiger partial charge on any atom is -0.465 e. The number of esters is 1. The summed E-state index contributed by atoms with van der Waals surface area (Å²) in [6.07, 6.45) is 1.88. The normalized spacial score (nSPS) is 13.4. The van der Waals surface area contributed by atoms with E-state index in [0.29, 0.717) is 13.2 Å². The summed E-state index contributed by atoms with van der Waals surface area (Å²) < 4.78 is 6.71. The van der Waals surface area contributed by atoms with Gasteiger partial charge in [-0.3, -0.25) is 10.1 Å². The number of rotatable bonds is 5. The van der Waals surface area contributed by atoms with Gasteiger partial charge in [-0.15, -0.1) is 5.10 Å². The largest absolute Gasteiger partial charge is 0.465 e. The summed E-state index contributed by atoms with van der Waals surface area (Å²) in [4.78, 5) is 11.4. The first kappa shape index (κ1) is 14.6. The number of carbonyl (C=O) groups excluding carboxylic acids is 1. The average molecular weight is 254 g/mol. The maximum atomic E-state index is 11.4. The van der Waals surface area contributed by atoms with Crippen molar-refractivity contribution in [3.8, 4) is 0 Å². The van der Waals surface area contributed by atoms with Crippen molar-refractivity contribution in [1.29, 1.82) is 0 Å². The Balaban J connectivity index is 2.49. The molecular formula is C12H22N4O2. The van der Waals surface area contributed by atoms with Crippen molar-refractivity contribution in [2.75, 3.05) is 6.61 Å². The highest BCUT2D eigenvalue weighted by atomic mass is 16.5. The number of hydrogen-bond donors (Lipinski definition) is 1. The van der Waals surface area contributed by atoms with Gasteiger partial charge in [0.15, 0.2) is 0 Å². The number of ether oxygens (including phenoxy) is 1. The van der Waals surface area contributed by atoms with Crippen molar-refractivity contribution in [3.63, 3.8) is 0 Å². The van der Waals surface area contributed by atoms with Gasteiger partial charge in [-0.2, -0.15) is 0 Å². The zero-order valence-electron chi connectivity index (χ0n) is 11.7. The number of hydrogen-bond acceptors (Lipinski definition) is 5. The van der Waals surface area contributed by atoms with E-state index in [9.17, 15) is 4.79 Å². The summed E-state index contributed by atoms with van der Waals surface area (Å²) in [6.45, 7) is 10.6. The maximum absolute atomic E-state index is 11.4. The molecule has 0 fully saturated rings. The molecule has 6 nitrogen and oxygen atoms in total. The van der Waals surface area contributed by atoms with E-state index in [1.807, 2.05) is 6.20 Å². The SMILES string of the molecule is CCOC(=O)C(C)NCc1cn(C(C)(C)C)nn1. The Morgan fingerprint density at radius 3 is 2.72 bits per heavy atom.